The van der Waals surface area contributed by atoms with Crippen LogP contribution in [-0.2, 0) is 7.05 Å². The summed E-state index contributed by atoms with van der Waals surface area (Å²) in [7, 11) is 1.81. The second-order valence-corrected chi connectivity index (χ2v) is 6.68. The van der Waals surface area contributed by atoms with Crippen LogP contribution in [0.15, 0.2) is 37.3 Å². The summed E-state index contributed by atoms with van der Waals surface area (Å²) in [5.41, 5.74) is 1.52. The monoisotopic (exact) mass is 377 g/mol. The number of nitrogens with zero attached hydrogens (tertiary/aromatic N) is 9. The van der Waals surface area contributed by atoms with Gasteiger partial charge in [-0.2, -0.15) is 10.4 Å². The standard InChI is InChI=1S/C18H19N9O/c1-13-10-25(5-6-27(13)18(28)26-4-3-20-12-26)16-9-21-15(7-19)17(23-16)14-8-22-24(2)11-14/h3-4,8-9,11-13H,5-6,10H2,1-2H3/t13-/m1/s1. The highest BCUT2D eigenvalue weighted by Gasteiger charge is 2.29. The van der Waals surface area contributed by atoms with Gasteiger partial charge in [-0.05, 0) is 6.92 Å². The summed E-state index contributed by atoms with van der Waals surface area (Å²) < 4.78 is 3.14. The molecule has 4 rings (SSSR count). The molecule has 3 aromatic rings. The molecule has 142 valence electrons. The maximum Gasteiger partial charge on any atom is 0.329 e. The number of aryl methyl sites for hydroxylation is 1. The molecule has 0 N–H and O–H groups in total. The van der Waals surface area contributed by atoms with Crippen LogP contribution in [0.25, 0.3) is 11.3 Å². The van der Waals surface area contributed by atoms with Gasteiger partial charge >= 0.3 is 6.03 Å². The average Bonchev–Trinajstić information content (AvgIpc) is 3.39. The van der Waals surface area contributed by atoms with E-state index in [2.05, 4.69) is 31.0 Å². The summed E-state index contributed by atoms with van der Waals surface area (Å²) in [4.78, 5) is 29.4. The van der Waals surface area contributed by atoms with E-state index in [-0.39, 0.29) is 17.8 Å². The fourth-order valence-electron chi connectivity index (χ4n) is 3.33. The smallest absolute Gasteiger partial charge is 0.329 e. The van der Waals surface area contributed by atoms with Crippen molar-refractivity contribution >= 4 is 11.8 Å². The van der Waals surface area contributed by atoms with E-state index in [1.807, 2.05) is 18.9 Å². The third-order valence-electron chi connectivity index (χ3n) is 4.77. The molecule has 1 saturated heterocycles. The van der Waals surface area contributed by atoms with Crippen molar-refractivity contribution in [3.05, 3.63) is 43.0 Å². The van der Waals surface area contributed by atoms with Gasteiger partial charge in [0.1, 0.15) is 23.9 Å². The highest BCUT2D eigenvalue weighted by molar-refractivity contribution is 5.77. The Morgan fingerprint density at radius 3 is 2.82 bits per heavy atom. The molecule has 0 aromatic carbocycles. The first-order valence-electron chi connectivity index (χ1n) is 8.87. The van der Waals surface area contributed by atoms with Gasteiger partial charge < -0.3 is 9.80 Å². The number of carbonyl (C=O) groups is 1. The van der Waals surface area contributed by atoms with Crippen molar-refractivity contribution in [3.8, 4) is 17.3 Å². The molecule has 0 saturated carbocycles. The topological polar surface area (TPSA) is 109 Å². The maximum atomic E-state index is 12.6. The van der Waals surface area contributed by atoms with Crippen molar-refractivity contribution in [2.75, 3.05) is 24.5 Å². The van der Waals surface area contributed by atoms with Gasteiger partial charge in [-0.15, -0.1) is 0 Å². The molecule has 1 aliphatic heterocycles. The van der Waals surface area contributed by atoms with Crippen LogP contribution in [0.3, 0.4) is 0 Å². The van der Waals surface area contributed by atoms with Crippen molar-refractivity contribution < 1.29 is 4.79 Å². The van der Waals surface area contributed by atoms with Crippen LogP contribution in [0.4, 0.5) is 10.6 Å². The van der Waals surface area contributed by atoms with E-state index in [0.717, 1.165) is 5.56 Å². The maximum absolute atomic E-state index is 12.6. The Morgan fingerprint density at radius 2 is 2.18 bits per heavy atom. The fourth-order valence-corrected chi connectivity index (χ4v) is 3.33. The lowest BCUT2D eigenvalue weighted by Crippen LogP contribution is -2.55. The Labute approximate surface area is 161 Å². The quantitative estimate of drug-likeness (QED) is 0.658. The van der Waals surface area contributed by atoms with Crippen molar-refractivity contribution in [2.24, 2.45) is 7.05 Å². The Bertz CT molecular complexity index is 1030. The van der Waals surface area contributed by atoms with Crippen molar-refractivity contribution in [2.45, 2.75) is 13.0 Å². The van der Waals surface area contributed by atoms with E-state index in [0.29, 0.717) is 31.1 Å². The average molecular weight is 377 g/mol. The molecule has 1 aliphatic rings. The number of imidazole rings is 1. The van der Waals surface area contributed by atoms with Crippen LogP contribution < -0.4 is 4.90 Å². The first-order valence-corrected chi connectivity index (χ1v) is 8.87. The van der Waals surface area contributed by atoms with Crippen LogP contribution >= 0.6 is 0 Å². The Morgan fingerprint density at radius 1 is 1.32 bits per heavy atom. The third-order valence-corrected chi connectivity index (χ3v) is 4.77. The largest absolute Gasteiger partial charge is 0.351 e. The molecule has 0 unspecified atom stereocenters. The van der Waals surface area contributed by atoms with E-state index in [1.165, 1.54) is 10.9 Å². The fraction of sp³-hybridized carbons (Fsp3) is 0.333. The predicted octanol–water partition coefficient (Wildman–Crippen LogP) is 1.12. The lowest BCUT2D eigenvalue weighted by molar-refractivity contribution is 0.173. The number of aromatic nitrogens is 6. The molecule has 10 heteroatoms. The van der Waals surface area contributed by atoms with E-state index >= 15 is 0 Å². The molecule has 0 radical (unpaired) electrons. The van der Waals surface area contributed by atoms with Crippen LogP contribution in [0, 0.1) is 11.3 Å². The Kier molecular flexibility index (Phi) is 4.49. The van der Waals surface area contributed by atoms with E-state index in [1.54, 1.807) is 35.7 Å². The molecular formula is C18H19N9O. The minimum absolute atomic E-state index is 0.0112. The van der Waals surface area contributed by atoms with Crippen LogP contribution in [0.2, 0.25) is 0 Å². The number of nitriles is 1. The molecule has 0 spiro atoms. The molecule has 1 amide bonds. The highest BCUT2D eigenvalue weighted by Crippen LogP contribution is 2.24. The normalized spacial score (nSPS) is 16.8. The second-order valence-electron chi connectivity index (χ2n) is 6.68. The number of piperazine rings is 1. The third kappa shape index (κ3) is 3.18. The zero-order chi connectivity index (χ0) is 19.7. The number of hydrogen-bond donors (Lipinski definition) is 0. The van der Waals surface area contributed by atoms with Crippen LogP contribution in [0.5, 0.6) is 0 Å². The molecule has 1 fully saturated rings. The Hall–Kier alpha value is -3.74. The first-order chi connectivity index (χ1) is 13.6. The highest BCUT2D eigenvalue weighted by atomic mass is 16.2. The van der Waals surface area contributed by atoms with Gasteiger partial charge in [0, 0.05) is 56.9 Å². The van der Waals surface area contributed by atoms with Gasteiger partial charge in [0.05, 0.1) is 12.4 Å². The van der Waals surface area contributed by atoms with E-state index in [4.69, 9.17) is 0 Å². The molecular weight excluding hydrogens is 358 g/mol. The summed E-state index contributed by atoms with van der Waals surface area (Å²) in [5, 5.41) is 13.5. The molecule has 0 aliphatic carbocycles. The molecule has 4 heterocycles. The minimum Gasteiger partial charge on any atom is -0.351 e. The lowest BCUT2D eigenvalue weighted by atomic mass is 10.2. The van der Waals surface area contributed by atoms with Crippen LogP contribution in [0.1, 0.15) is 12.6 Å². The predicted molar refractivity (Wildman–Crippen MR) is 100 cm³/mol. The number of anilines is 1. The van der Waals surface area contributed by atoms with Gasteiger partial charge in [0.2, 0.25) is 0 Å². The summed E-state index contributed by atoms with van der Waals surface area (Å²) >= 11 is 0. The number of carbonyl (C=O) groups excluding carboxylic acids is 1. The van der Waals surface area contributed by atoms with E-state index < -0.39 is 0 Å². The second kappa shape index (κ2) is 7.11. The van der Waals surface area contributed by atoms with Crippen molar-refractivity contribution in [3.63, 3.8) is 0 Å². The Balaban J connectivity index is 1.56. The van der Waals surface area contributed by atoms with Gasteiger partial charge in [-0.25, -0.2) is 19.7 Å². The number of hydrogen-bond acceptors (Lipinski definition) is 7. The van der Waals surface area contributed by atoms with Gasteiger partial charge in [0.25, 0.3) is 0 Å². The summed E-state index contributed by atoms with van der Waals surface area (Å²) in [5.74, 6) is 0.680. The summed E-state index contributed by atoms with van der Waals surface area (Å²) in [6, 6.07) is 1.99. The van der Waals surface area contributed by atoms with Gasteiger partial charge in [0.15, 0.2) is 5.69 Å². The number of amides is 1. The van der Waals surface area contributed by atoms with Gasteiger partial charge in [-0.1, -0.05) is 0 Å². The van der Waals surface area contributed by atoms with Crippen molar-refractivity contribution in [1.82, 2.24) is 34.2 Å². The minimum atomic E-state index is -0.0911. The summed E-state index contributed by atoms with van der Waals surface area (Å²) in [6.07, 6.45) is 9.82. The molecule has 28 heavy (non-hydrogen) atoms. The molecule has 1 atom stereocenters. The first kappa shape index (κ1) is 17.7. The van der Waals surface area contributed by atoms with E-state index in [9.17, 15) is 10.1 Å². The molecule has 0 bridgehead atoms. The summed E-state index contributed by atoms with van der Waals surface area (Å²) in [6.45, 7) is 3.80. The SMILES string of the molecule is C[C@@H]1CN(c2cnc(C#N)c(-c3cnn(C)c3)n2)CCN1C(=O)n1ccnc1. The lowest BCUT2D eigenvalue weighted by Gasteiger charge is -2.40. The van der Waals surface area contributed by atoms with Crippen LogP contribution in [-0.4, -0.2) is 65.9 Å². The van der Waals surface area contributed by atoms with Crippen molar-refractivity contribution in [1.29, 1.82) is 5.26 Å². The molecule has 3 aromatic heterocycles. The molecule has 10 nitrogen and oxygen atoms in total. The van der Waals surface area contributed by atoms with Gasteiger partial charge in [-0.3, -0.25) is 9.25 Å². The zero-order valence-electron chi connectivity index (χ0n) is 15.6. The number of rotatable bonds is 2. The zero-order valence-corrected chi connectivity index (χ0v) is 15.6.